The van der Waals surface area contributed by atoms with E-state index in [1.807, 2.05) is 0 Å². The molecule has 1 aliphatic heterocycles. The number of hydrogen-bond acceptors (Lipinski definition) is 9. The maximum absolute atomic E-state index is 12.8. The van der Waals surface area contributed by atoms with Crippen molar-refractivity contribution in [1.29, 1.82) is 0 Å². The first kappa shape index (κ1) is 43.5. The number of phosphoric acid groups is 1. The minimum atomic E-state index is -4.39. The van der Waals surface area contributed by atoms with Gasteiger partial charge in [-0.15, -0.1) is 0 Å². The average Bonchev–Trinajstić information content (AvgIpc) is 3.37. The maximum atomic E-state index is 12.8. The molecule has 1 saturated heterocycles. The van der Waals surface area contributed by atoms with E-state index < -0.39 is 44.7 Å². The van der Waals surface area contributed by atoms with Crippen LogP contribution in [0.25, 0.3) is 0 Å². The van der Waals surface area contributed by atoms with Gasteiger partial charge in [0.25, 0.3) is 0 Å². The van der Waals surface area contributed by atoms with Gasteiger partial charge in [0.2, 0.25) is 0 Å². The fourth-order valence-electron chi connectivity index (χ4n) is 5.89. The first-order valence-electron chi connectivity index (χ1n) is 19.2. The van der Waals surface area contributed by atoms with Crippen LogP contribution in [0.4, 0.5) is 5.82 Å². The fourth-order valence-corrected chi connectivity index (χ4v) is 6.66. The number of rotatable bonds is 30. The van der Waals surface area contributed by atoms with Crippen molar-refractivity contribution in [3.8, 4) is 0 Å². The predicted octanol–water partition coefficient (Wildman–Crippen LogP) is 7.82. The zero-order chi connectivity index (χ0) is 35.7. The summed E-state index contributed by atoms with van der Waals surface area (Å²) in [6, 6.07) is 1.52. The smallest absolute Gasteiger partial charge is 0.387 e. The lowest BCUT2D eigenvalue weighted by atomic mass is 10.0. The summed E-state index contributed by atoms with van der Waals surface area (Å²) < 4.78 is 29.3. The summed E-state index contributed by atoms with van der Waals surface area (Å²) in [4.78, 5) is 33.4. The van der Waals surface area contributed by atoms with Crippen molar-refractivity contribution in [3.63, 3.8) is 0 Å². The third kappa shape index (κ3) is 18.4. The van der Waals surface area contributed by atoms with E-state index in [9.17, 15) is 24.5 Å². The Kier molecular flexibility index (Phi) is 23.2. The minimum Gasteiger partial charge on any atom is -0.387 e. The van der Waals surface area contributed by atoms with E-state index >= 15 is 0 Å². The van der Waals surface area contributed by atoms with Crippen LogP contribution in [0.2, 0.25) is 0 Å². The highest BCUT2D eigenvalue weighted by Gasteiger charge is 2.45. The van der Waals surface area contributed by atoms with Crippen molar-refractivity contribution in [2.45, 2.75) is 174 Å². The van der Waals surface area contributed by atoms with E-state index in [1.165, 1.54) is 89.3 Å². The topological polar surface area (TPSA) is 156 Å². The SMILES string of the molecule is CCCCCCCCCCCCCCCCCCOP(=O)(O)OC[C@H]1O[C@@H](n2ccc(/N=C/N(CCCC)CCCC)nc2=O)C(O)[C@H]1O. The van der Waals surface area contributed by atoms with Crippen LogP contribution in [-0.4, -0.2) is 80.5 Å². The second kappa shape index (κ2) is 26.2. The van der Waals surface area contributed by atoms with Crippen LogP contribution < -0.4 is 5.69 Å². The second-order valence-corrected chi connectivity index (χ2v) is 14.9. The van der Waals surface area contributed by atoms with Crippen molar-refractivity contribution in [2.24, 2.45) is 4.99 Å². The summed E-state index contributed by atoms with van der Waals surface area (Å²) in [5, 5.41) is 21.1. The number of hydrogen-bond donors (Lipinski definition) is 3. The van der Waals surface area contributed by atoms with Crippen LogP contribution in [0.3, 0.4) is 0 Å². The Morgan fingerprint density at radius 1 is 0.816 bits per heavy atom. The van der Waals surface area contributed by atoms with Crippen LogP contribution >= 0.6 is 7.82 Å². The van der Waals surface area contributed by atoms with Crippen LogP contribution in [0.15, 0.2) is 22.1 Å². The Morgan fingerprint density at radius 3 is 1.84 bits per heavy atom. The molecule has 0 saturated carbocycles. The molecule has 0 aliphatic carbocycles. The molecule has 0 amide bonds. The van der Waals surface area contributed by atoms with Gasteiger partial charge in [-0.1, -0.05) is 130 Å². The van der Waals surface area contributed by atoms with Crippen molar-refractivity contribution in [2.75, 3.05) is 26.3 Å². The number of phosphoric ester groups is 1. The first-order chi connectivity index (χ1) is 23.7. The predicted molar refractivity (Wildman–Crippen MR) is 195 cm³/mol. The quantitative estimate of drug-likeness (QED) is 0.0311. The van der Waals surface area contributed by atoms with Gasteiger partial charge in [0.15, 0.2) is 12.0 Å². The largest absolute Gasteiger partial charge is 0.472 e. The molecular weight excluding hydrogens is 647 g/mol. The number of aliphatic hydroxyl groups is 2. The van der Waals surface area contributed by atoms with E-state index in [1.54, 1.807) is 6.34 Å². The van der Waals surface area contributed by atoms with E-state index in [0.717, 1.165) is 62.6 Å². The molecule has 0 radical (unpaired) electrons. The standard InChI is InChI=1S/C36H67N4O8P/c1-4-7-10-11-12-13-14-15-16-17-18-19-20-21-22-23-28-46-49(44,45)47-29-31-33(41)34(42)35(48-31)40-27-24-32(38-36(40)43)37-30-39(25-8-5-2)26-9-6-3/h24,27,30-31,33-35,41-42H,4-23,25-26,28-29H2,1-3H3,(H,44,45)/b37-30+/t31-,33+,34?,35-/m1/s1. The van der Waals surface area contributed by atoms with Crippen molar-refractivity contribution in [1.82, 2.24) is 14.5 Å². The molecule has 0 bridgehead atoms. The highest BCUT2D eigenvalue weighted by Crippen LogP contribution is 2.44. The third-order valence-corrected chi connectivity index (χ3v) is 10.0. The summed E-state index contributed by atoms with van der Waals surface area (Å²) in [6.45, 7) is 7.82. The zero-order valence-electron chi connectivity index (χ0n) is 30.6. The normalized spacial score (nSPS) is 20.7. The van der Waals surface area contributed by atoms with Crippen molar-refractivity contribution >= 4 is 20.0 Å². The Labute approximate surface area is 295 Å². The average molecular weight is 715 g/mol. The van der Waals surface area contributed by atoms with Gasteiger partial charge < -0.3 is 24.7 Å². The summed E-state index contributed by atoms with van der Waals surface area (Å²) in [5.74, 6) is 0.217. The molecule has 3 N–H and O–H groups in total. The van der Waals surface area contributed by atoms with Crippen LogP contribution in [-0.2, 0) is 18.3 Å². The monoisotopic (exact) mass is 714 g/mol. The second-order valence-electron chi connectivity index (χ2n) is 13.4. The zero-order valence-corrected chi connectivity index (χ0v) is 31.5. The van der Waals surface area contributed by atoms with E-state index in [4.69, 9.17) is 13.8 Å². The highest BCUT2D eigenvalue weighted by molar-refractivity contribution is 7.47. The Hall–Kier alpha value is -1.66. The lowest BCUT2D eigenvalue weighted by Gasteiger charge is -2.19. The van der Waals surface area contributed by atoms with Crippen LogP contribution in [0.1, 0.15) is 155 Å². The molecule has 284 valence electrons. The molecule has 2 heterocycles. The molecule has 2 unspecified atom stereocenters. The van der Waals surface area contributed by atoms with E-state index in [-0.39, 0.29) is 12.4 Å². The lowest BCUT2D eigenvalue weighted by molar-refractivity contribution is -0.0551. The van der Waals surface area contributed by atoms with E-state index in [0.29, 0.717) is 6.42 Å². The number of ether oxygens (including phenoxy) is 1. The molecule has 0 aromatic carbocycles. The molecule has 1 aromatic rings. The highest BCUT2D eigenvalue weighted by atomic mass is 31.2. The van der Waals surface area contributed by atoms with Gasteiger partial charge in [-0.25, -0.2) is 14.4 Å². The van der Waals surface area contributed by atoms with Crippen molar-refractivity contribution < 1.29 is 33.5 Å². The number of nitrogens with zero attached hydrogens (tertiary/aromatic N) is 4. The molecule has 12 nitrogen and oxygen atoms in total. The fraction of sp³-hybridized carbons (Fsp3) is 0.861. The van der Waals surface area contributed by atoms with Gasteiger partial charge in [-0.2, -0.15) is 4.98 Å². The summed E-state index contributed by atoms with van der Waals surface area (Å²) in [6.07, 6.45) is 21.7. The number of aliphatic hydroxyl groups excluding tert-OH is 2. The molecule has 1 fully saturated rings. The molecule has 0 spiro atoms. The lowest BCUT2D eigenvalue weighted by Crippen LogP contribution is -2.36. The summed E-state index contributed by atoms with van der Waals surface area (Å²) >= 11 is 0. The Morgan fingerprint density at radius 2 is 1.33 bits per heavy atom. The molecule has 13 heteroatoms. The summed E-state index contributed by atoms with van der Waals surface area (Å²) in [5.41, 5.74) is -0.712. The van der Waals surface area contributed by atoms with E-state index in [2.05, 4.69) is 35.6 Å². The van der Waals surface area contributed by atoms with Gasteiger partial charge in [0.1, 0.15) is 18.3 Å². The van der Waals surface area contributed by atoms with Gasteiger partial charge in [-0.05, 0) is 25.3 Å². The number of aromatic nitrogens is 2. The molecule has 1 aliphatic rings. The van der Waals surface area contributed by atoms with Crippen LogP contribution in [0.5, 0.6) is 0 Å². The van der Waals surface area contributed by atoms with Gasteiger partial charge in [0, 0.05) is 19.3 Å². The Balaban J connectivity index is 1.64. The van der Waals surface area contributed by atoms with Crippen LogP contribution in [0, 0.1) is 0 Å². The molecular formula is C36H67N4O8P. The molecule has 49 heavy (non-hydrogen) atoms. The minimum absolute atomic E-state index is 0.0798. The Bertz CT molecular complexity index is 1110. The molecule has 5 atom stereocenters. The van der Waals surface area contributed by atoms with Gasteiger partial charge >= 0.3 is 13.5 Å². The molecule has 1 aromatic heterocycles. The summed E-state index contributed by atoms with van der Waals surface area (Å²) in [7, 11) is -4.39. The maximum Gasteiger partial charge on any atom is 0.472 e. The van der Waals surface area contributed by atoms with Gasteiger partial charge in [0.05, 0.1) is 19.6 Å². The van der Waals surface area contributed by atoms with Crippen molar-refractivity contribution in [3.05, 3.63) is 22.7 Å². The number of unbranched alkanes of at least 4 members (excludes halogenated alkanes) is 17. The first-order valence-corrected chi connectivity index (χ1v) is 20.7. The third-order valence-electron chi connectivity index (χ3n) is 9.03. The molecule has 2 rings (SSSR count). The van der Waals surface area contributed by atoms with Gasteiger partial charge in [-0.3, -0.25) is 13.6 Å². The number of aliphatic imine (C=N–C) groups is 1.